The minimum absolute atomic E-state index is 0.0361. The van der Waals surface area contributed by atoms with Crippen molar-refractivity contribution in [2.24, 2.45) is 11.8 Å². The summed E-state index contributed by atoms with van der Waals surface area (Å²) in [4.78, 5) is 11.8. The van der Waals surface area contributed by atoms with Crippen molar-refractivity contribution in [1.29, 1.82) is 0 Å². The third-order valence-corrected chi connectivity index (χ3v) is 3.49. The number of terminal acetylenes is 1. The molecule has 1 unspecified atom stereocenters. The SMILES string of the molecule is C#CC(CC)NC(=O)C1CCC(C(F)(F)F)CC1. The molecule has 0 bridgehead atoms. The molecule has 0 heterocycles. The van der Waals surface area contributed by atoms with Gasteiger partial charge in [-0.25, -0.2) is 0 Å². The number of nitrogens with one attached hydrogen (secondary N) is 1. The molecule has 102 valence electrons. The molecule has 1 atom stereocenters. The maximum Gasteiger partial charge on any atom is 0.391 e. The van der Waals surface area contributed by atoms with Crippen molar-refractivity contribution in [3.63, 3.8) is 0 Å². The van der Waals surface area contributed by atoms with Gasteiger partial charge < -0.3 is 5.32 Å². The topological polar surface area (TPSA) is 29.1 Å². The molecule has 0 aromatic carbocycles. The Hall–Kier alpha value is -1.18. The summed E-state index contributed by atoms with van der Waals surface area (Å²) in [5, 5.41) is 2.68. The van der Waals surface area contributed by atoms with Gasteiger partial charge in [-0.05, 0) is 32.1 Å². The van der Waals surface area contributed by atoms with Gasteiger partial charge >= 0.3 is 6.18 Å². The monoisotopic (exact) mass is 261 g/mol. The van der Waals surface area contributed by atoms with E-state index in [-0.39, 0.29) is 43.6 Å². The van der Waals surface area contributed by atoms with Crippen LogP contribution < -0.4 is 5.32 Å². The summed E-state index contributed by atoms with van der Waals surface area (Å²) >= 11 is 0. The number of hydrogen-bond acceptors (Lipinski definition) is 1. The second kappa shape index (κ2) is 6.12. The van der Waals surface area contributed by atoms with Crippen molar-refractivity contribution in [2.75, 3.05) is 0 Å². The molecule has 0 aliphatic heterocycles. The summed E-state index contributed by atoms with van der Waals surface area (Å²) in [6, 6.07) is -0.321. The standard InChI is InChI=1S/C13H18F3NO/c1-3-11(4-2)17-12(18)9-5-7-10(8-6-9)13(14,15)16/h1,9-11H,4-8H2,2H3,(H,17,18). The molecule has 1 aliphatic rings. The van der Waals surface area contributed by atoms with Gasteiger partial charge in [0.15, 0.2) is 0 Å². The highest BCUT2D eigenvalue weighted by atomic mass is 19.4. The van der Waals surface area contributed by atoms with Crippen molar-refractivity contribution in [1.82, 2.24) is 5.32 Å². The zero-order valence-electron chi connectivity index (χ0n) is 10.4. The Morgan fingerprint density at radius 1 is 1.39 bits per heavy atom. The summed E-state index contributed by atoms with van der Waals surface area (Å²) in [6.45, 7) is 1.85. The first kappa shape index (κ1) is 14.9. The molecule has 0 aromatic heterocycles. The molecule has 18 heavy (non-hydrogen) atoms. The van der Waals surface area contributed by atoms with Crippen LogP contribution in [0.1, 0.15) is 39.0 Å². The van der Waals surface area contributed by atoms with E-state index in [1.165, 1.54) is 0 Å². The summed E-state index contributed by atoms with van der Waals surface area (Å²) in [6.07, 6.45) is 2.37. The van der Waals surface area contributed by atoms with Crippen molar-refractivity contribution in [3.05, 3.63) is 0 Å². The second-order valence-corrected chi connectivity index (χ2v) is 4.73. The van der Waals surface area contributed by atoms with Crippen molar-refractivity contribution < 1.29 is 18.0 Å². The molecule has 1 N–H and O–H groups in total. The lowest BCUT2D eigenvalue weighted by molar-refractivity contribution is -0.184. The second-order valence-electron chi connectivity index (χ2n) is 4.73. The van der Waals surface area contributed by atoms with E-state index < -0.39 is 12.1 Å². The van der Waals surface area contributed by atoms with E-state index in [2.05, 4.69) is 11.2 Å². The Kier molecular flexibility index (Phi) is 5.06. The van der Waals surface area contributed by atoms with E-state index in [1.807, 2.05) is 6.92 Å². The van der Waals surface area contributed by atoms with Gasteiger partial charge in [-0.15, -0.1) is 6.42 Å². The van der Waals surface area contributed by atoms with Crippen LogP contribution in [0, 0.1) is 24.2 Å². The summed E-state index contributed by atoms with van der Waals surface area (Å²) < 4.78 is 37.4. The van der Waals surface area contributed by atoms with Crippen LogP contribution in [-0.2, 0) is 4.79 Å². The van der Waals surface area contributed by atoms with E-state index >= 15 is 0 Å². The van der Waals surface area contributed by atoms with Crippen LogP contribution in [0.2, 0.25) is 0 Å². The van der Waals surface area contributed by atoms with Gasteiger partial charge in [0.2, 0.25) is 5.91 Å². The lowest BCUT2D eigenvalue weighted by atomic mass is 9.81. The van der Waals surface area contributed by atoms with E-state index in [4.69, 9.17) is 6.42 Å². The molecule has 0 saturated heterocycles. The molecule has 1 aliphatic carbocycles. The van der Waals surface area contributed by atoms with Gasteiger partial charge in [0, 0.05) is 5.92 Å². The third-order valence-electron chi connectivity index (χ3n) is 3.49. The number of amides is 1. The predicted octanol–water partition coefficient (Wildman–Crippen LogP) is 2.88. The first-order valence-electron chi connectivity index (χ1n) is 6.21. The summed E-state index contributed by atoms with van der Waals surface area (Å²) in [5.41, 5.74) is 0. The van der Waals surface area contributed by atoms with Crippen LogP contribution in [0.4, 0.5) is 13.2 Å². The van der Waals surface area contributed by atoms with Crippen LogP contribution in [0.5, 0.6) is 0 Å². The Morgan fingerprint density at radius 2 is 1.94 bits per heavy atom. The van der Waals surface area contributed by atoms with Crippen LogP contribution in [0.3, 0.4) is 0 Å². The largest absolute Gasteiger partial charge is 0.391 e. The number of carbonyl (C=O) groups is 1. The molecule has 5 heteroatoms. The minimum Gasteiger partial charge on any atom is -0.342 e. The van der Waals surface area contributed by atoms with Gasteiger partial charge in [0.1, 0.15) is 0 Å². The Labute approximate surface area is 105 Å². The van der Waals surface area contributed by atoms with E-state index in [0.717, 1.165) is 0 Å². The molecule has 1 saturated carbocycles. The highest BCUT2D eigenvalue weighted by molar-refractivity contribution is 5.79. The average Bonchev–Trinajstić information content (AvgIpc) is 2.34. The number of alkyl halides is 3. The number of carbonyl (C=O) groups excluding carboxylic acids is 1. The molecule has 1 fully saturated rings. The first-order valence-corrected chi connectivity index (χ1v) is 6.21. The van der Waals surface area contributed by atoms with Crippen molar-refractivity contribution in [2.45, 2.75) is 51.2 Å². The molecule has 0 radical (unpaired) electrons. The van der Waals surface area contributed by atoms with Crippen molar-refractivity contribution >= 4 is 5.91 Å². The normalized spacial score (nSPS) is 26.2. The maximum absolute atomic E-state index is 12.5. The smallest absolute Gasteiger partial charge is 0.342 e. The fourth-order valence-electron chi connectivity index (χ4n) is 2.23. The van der Waals surface area contributed by atoms with Gasteiger partial charge in [-0.1, -0.05) is 12.8 Å². The van der Waals surface area contributed by atoms with Crippen LogP contribution in [-0.4, -0.2) is 18.1 Å². The zero-order chi connectivity index (χ0) is 13.8. The quantitative estimate of drug-likeness (QED) is 0.778. The molecule has 1 amide bonds. The van der Waals surface area contributed by atoms with E-state index in [9.17, 15) is 18.0 Å². The summed E-state index contributed by atoms with van der Waals surface area (Å²) in [5.74, 6) is 0.654. The molecule has 0 aromatic rings. The number of hydrogen-bond donors (Lipinski definition) is 1. The number of halogens is 3. The van der Waals surface area contributed by atoms with Gasteiger partial charge in [-0.3, -0.25) is 4.79 Å². The van der Waals surface area contributed by atoms with Gasteiger partial charge in [0.05, 0.1) is 12.0 Å². The molecule has 0 spiro atoms. The highest BCUT2D eigenvalue weighted by Gasteiger charge is 2.42. The lowest BCUT2D eigenvalue weighted by Gasteiger charge is -2.29. The minimum atomic E-state index is -4.13. The highest BCUT2D eigenvalue weighted by Crippen LogP contribution is 2.39. The Bertz CT molecular complexity index is 324. The van der Waals surface area contributed by atoms with Crippen LogP contribution in [0.15, 0.2) is 0 Å². The Balaban J connectivity index is 2.44. The zero-order valence-corrected chi connectivity index (χ0v) is 10.4. The molecular formula is C13H18F3NO. The van der Waals surface area contributed by atoms with Gasteiger partial charge in [0.25, 0.3) is 0 Å². The third kappa shape index (κ3) is 3.94. The lowest BCUT2D eigenvalue weighted by Crippen LogP contribution is -2.40. The Morgan fingerprint density at radius 3 is 2.33 bits per heavy atom. The van der Waals surface area contributed by atoms with Gasteiger partial charge in [-0.2, -0.15) is 13.2 Å². The number of rotatable bonds is 3. The fraction of sp³-hybridized carbons (Fsp3) is 0.769. The average molecular weight is 261 g/mol. The molecular weight excluding hydrogens is 243 g/mol. The fourth-order valence-corrected chi connectivity index (χ4v) is 2.23. The summed E-state index contributed by atoms with van der Waals surface area (Å²) in [7, 11) is 0. The van der Waals surface area contributed by atoms with Crippen LogP contribution >= 0.6 is 0 Å². The molecule has 1 rings (SSSR count). The van der Waals surface area contributed by atoms with Crippen molar-refractivity contribution in [3.8, 4) is 12.3 Å². The predicted molar refractivity (Wildman–Crippen MR) is 62.6 cm³/mol. The molecule has 2 nitrogen and oxygen atoms in total. The maximum atomic E-state index is 12.5. The van der Waals surface area contributed by atoms with E-state index in [0.29, 0.717) is 6.42 Å². The first-order chi connectivity index (χ1) is 8.38. The van der Waals surface area contributed by atoms with Crippen LogP contribution in [0.25, 0.3) is 0 Å². The van der Waals surface area contributed by atoms with E-state index in [1.54, 1.807) is 0 Å².